The molecule has 0 radical (unpaired) electrons. The third-order valence-electron chi connectivity index (χ3n) is 4.92. The number of carbonyl (C=O) groups is 1. The van der Waals surface area contributed by atoms with Gasteiger partial charge >= 0.3 is 0 Å². The number of amides is 1. The van der Waals surface area contributed by atoms with Crippen molar-refractivity contribution in [1.82, 2.24) is 30.2 Å². The zero-order chi connectivity index (χ0) is 19.8. The molecule has 28 heavy (non-hydrogen) atoms. The second kappa shape index (κ2) is 7.18. The SMILES string of the molecule is CC(C)c1cc(C(=O)N[C@@H](C)c2nc(-c3ccnc(C4CC4)c3)no2)n(C)n1. The lowest BCUT2D eigenvalue weighted by molar-refractivity contribution is 0.0923. The number of aryl methyl sites for hydroxylation is 1. The van der Waals surface area contributed by atoms with Gasteiger partial charge in [0.2, 0.25) is 11.7 Å². The van der Waals surface area contributed by atoms with Crippen LogP contribution in [0.2, 0.25) is 0 Å². The maximum atomic E-state index is 12.6. The van der Waals surface area contributed by atoms with Gasteiger partial charge in [-0.05, 0) is 43.9 Å². The van der Waals surface area contributed by atoms with Gasteiger partial charge in [0.05, 0.1) is 5.69 Å². The van der Waals surface area contributed by atoms with E-state index < -0.39 is 6.04 Å². The van der Waals surface area contributed by atoms with Gasteiger partial charge in [0.25, 0.3) is 5.91 Å². The summed E-state index contributed by atoms with van der Waals surface area (Å²) >= 11 is 0. The summed E-state index contributed by atoms with van der Waals surface area (Å²) < 4.78 is 6.98. The normalized spacial score (nSPS) is 15.0. The molecule has 1 amide bonds. The predicted molar refractivity (Wildman–Crippen MR) is 103 cm³/mol. The Hall–Kier alpha value is -3.03. The number of carbonyl (C=O) groups excluding carboxylic acids is 1. The highest BCUT2D eigenvalue weighted by Crippen LogP contribution is 2.39. The van der Waals surface area contributed by atoms with Crippen molar-refractivity contribution in [2.45, 2.75) is 51.5 Å². The van der Waals surface area contributed by atoms with Crippen LogP contribution in [0, 0.1) is 0 Å². The average molecular weight is 380 g/mol. The Balaban J connectivity index is 1.48. The van der Waals surface area contributed by atoms with Gasteiger partial charge in [0, 0.05) is 30.4 Å². The first-order chi connectivity index (χ1) is 13.4. The van der Waals surface area contributed by atoms with Gasteiger partial charge in [-0.3, -0.25) is 14.5 Å². The van der Waals surface area contributed by atoms with E-state index in [9.17, 15) is 4.79 Å². The minimum atomic E-state index is -0.420. The summed E-state index contributed by atoms with van der Waals surface area (Å²) in [5.41, 5.74) is 3.32. The zero-order valence-corrected chi connectivity index (χ0v) is 16.5. The average Bonchev–Trinajstić information content (AvgIpc) is 3.26. The fourth-order valence-corrected chi connectivity index (χ4v) is 3.03. The van der Waals surface area contributed by atoms with Crippen LogP contribution in [0.4, 0.5) is 0 Å². The number of nitrogens with one attached hydrogen (secondary N) is 1. The van der Waals surface area contributed by atoms with Crippen molar-refractivity contribution in [3.8, 4) is 11.4 Å². The fourth-order valence-electron chi connectivity index (χ4n) is 3.03. The van der Waals surface area contributed by atoms with E-state index >= 15 is 0 Å². The van der Waals surface area contributed by atoms with Crippen molar-refractivity contribution in [2.24, 2.45) is 7.05 Å². The first-order valence-corrected chi connectivity index (χ1v) is 9.57. The monoisotopic (exact) mass is 380 g/mol. The van der Waals surface area contributed by atoms with Gasteiger partial charge in [-0.25, -0.2) is 0 Å². The number of rotatable bonds is 6. The van der Waals surface area contributed by atoms with E-state index in [-0.39, 0.29) is 11.8 Å². The highest BCUT2D eigenvalue weighted by atomic mass is 16.5. The molecule has 146 valence electrons. The lowest BCUT2D eigenvalue weighted by Crippen LogP contribution is -2.28. The summed E-state index contributed by atoms with van der Waals surface area (Å²) in [5, 5.41) is 11.4. The van der Waals surface area contributed by atoms with Gasteiger partial charge in [-0.2, -0.15) is 10.1 Å². The molecule has 0 aromatic carbocycles. The van der Waals surface area contributed by atoms with Crippen molar-refractivity contribution in [2.75, 3.05) is 0 Å². The fraction of sp³-hybridized carbons (Fsp3) is 0.450. The Labute approximate surface area is 163 Å². The molecule has 1 fully saturated rings. The van der Waals surface area contributed by atoms with E-state index in [0.29, 0.717) is 23.3 Å². The van der Waals surface area contributed by atoms with E-state index in [2.05, 4.69) is 25.5 Å². The van der Waals surface area contributed by atoms with E-state index in [0.717, 1.165) is 17.0 Å². The number of aromatic nitrogens is 5. The van der Waals surface area contributed by atoms with Gasteiger partial charge < -0.3 is 9.84 Å². The summed E-state index contributed by atoms with van der Waals surface area (Å²) in [5.74, 6) is 1.44. The van der Waals surface area contributed by atoms with Crippen molar-refractivity contribution in [3.63, 3.8) is 0 Å². The van der Waals surface area contributed by atoms with Gasteiger partial charge in [-0.1, -0.05) is 19.0 Å². The maximum absolute atomic E-state index is 12.6. The van der Waals surface area contributed by atoms with E-state index in [1.165, 1.54) is 12.8 Å². The number of hydrogen-bond donors (Lipinski definition) is 1. The van der Waals surface area contributed by atoms with Gasteiger partial charge in [0.15, 0.2) is 0 Å². The Kier molecular flexibility index (Phi) is 4.70. The largest absolute Gasteiger partial charge is 0.339 e. The molecular formula is C20H24N6O2. The van der Waals surface area contributed by atoms with E-state index in [1.54, 1.807) is 17.9 Å². The number of pyridine rings is 1. The van der Waals surface area contributed by atoms with E-state index in [1.807, 2.05) is 39.0 Å². The van der Waals surface area contributed by atoms with Crippen LogP contribution in [-0.2, 0) is 7.05 Å². The van der Waals surface area contributed by atoms with Gasteiger partial charge in [0.1, 0.15) is 11.7 Å². The maximum Gasteiger partial charge on any atom is 0.270 e. The molecule has 1 aliphatic carbocycles. The molecule has 1 saturated carbocycles. The lowest BCUT2D eigenvalue weighted by Gasteiger charge is -2.09. The van der Waals surface area contributed by atoms with Crippen LogP contribution in [-0.4, -0.2) is 30.8 Å². The Morgan fingerprint density at radius 2 is 2.07 bits per heavy atom. The third kappa shape index (κ3) is 3.67. The van der Waals surface area contributed by atoms with Crippen LogP contribution in [0.15, 0.2) is 28.9 Å². The van der Waals surface area contributed by atoms with Crippen molar-refractivity contribution in [1.29, 1.82) is 0 Å². The van der Waals surface area contributed by atoms with Gasteiger partial charge in [-0.15, -0.1) is 0 Å². The van der Waals surface area contributed by atoms with Crippen LogP contribution in [0.1, 0.15) is 79.3 Å². The number of hydrogen-bond acceptors (Lipinski definition) is 6. The highest BCUT2D eigenvalue weighted by Gasteiger charge is 2.26. The summed E-state index contributed by atoms with van der Waals surface area (Å²) in [4.78, 5) is 21.5. The summed E-state index contributed by atoms with van der Waals surface area (Å²) in [6.07, 6.45) is 4.14. The molecule has 3 aromatic heterocycles. The minimum absolute atomic E-state index is 0.228. The third-order valence-corrected chi connectivity index (χ3v) is 4.92. The second-order valence-electron chi connectivity index (χ2n) is 7.63. The second-order valence-corrected chi connectivity index (χ2v) is 7.63. The first-order valence-electron chi connectivity index (χ1n) is 9.57. The molecule has 0 bridgehead atoms. The molecule has 0 aliphatic heterocycles. The Morgan fingerprint density at radius 3 is 2.75 bits per heavy atom. The van der Waals surface area contributed by atoms with Crippen molar-refractivity contribution >= 4 is 5.91 Å². The molecule has 4 rings (SSSR count). The minimum Gasteiger partial charge on any atom is -0.339 e. The summed E-state index contributed by atoms with van der Waals surface area (Å²) in [7, 11) is 1.76. The Morgan fingerprint density at radius 1 is 1.29 bits per heavy atom. The molecule has 8 nitrogen and oxygen atoms in total. The lowest BCUT2D eigenvalue weighted by atomic mass is 10.1. The molecule has 1 atom stereocenters. The number of nitrogens with zero attached hydrogens (tertiary/aromatic N) is 5. The van der Waals surface area contributed by atoms with Crippen LogP contribution in [0.25, 0.3) is 11.4 Å². The van der Waals surface area contributed by atoms with Crippen LogP contribution in [0.5, 0.6) is 0 Å². The predicted octanol–water partition coefficient (Wildman–Crippen LogP) is 3.36. The highest BCUT2D eigenvalue weighted by molar-refractivity contribution is 5.92. The standard InChI is InChI=1S/C20H24N6O2/c1-11(2)15-10-17(26(4)24-15)19(27)22-12(3)20-23-18(25-28-20)14-7-8-21-16(9-14)13-5-6-13/h7-13H,5-6H2,1-4H3,(H,22,27)/t12-/m0/s1. The van der Waals surface area contributed by atoms with Crippen LogP contribution >= 0.6 is 0 Å². The summed E-state index contributed by atoms with van der Waals surface area (Å²) in [6, 6.07) is 5.27. The van der Waals surface area contributed by atoms with E-state index in [4.69, 9.17) is 4.52 Å². The summed E-state index contributed by atoms with van der Waals surface area (Å²) in [6.45, 7) is 5.90. The van der Waals surface area contributed by atoms with Crippen LogP contribution < -0.4 is 5.32 Å². The molecule has 1 aliphatic rings. The van der Waals surface area contributed by atoms with Crippen molar-refractivity contribution < 1.29 is 9.32 Å². The molecule has 0 unspecified atom stereocenters. The molecular weight excluding hydrogens is 356 g/mol. The quantitative estimate of drug-likeness (QED) is 0.704. The molecule has 1 N–H and O–H groups in total. The topological polar surface area (TPSA) is 98.7 Å². The smallest absolute Gasteiger partial charge is 0.270 e. The molecule has 3 aromatic rings. The molecule has 0 spiro atoms. The van der Waals surface area contributed by atoms with Crippen LogP contribution in [0.3, 0.4) is 0 Å². The molecule has 8 heteroatoms. The zero-order valence-electron chi connectivity index (χ0n) is 16.5. The first kappa shape index (κ1) is 18.3. The Bertz CT molecular complexity index is 1000. The molecule has 3 heterocycles. The van der Waals surface area contributed by atoms with Crippen molar-refractivity contribution in [3.05, 3.63) is 47.4 Å². The molecule has 0 saturated heterocycles.